The zero-order chi connectivity index (χ0) is 17.4. The molecule has 2 aromatic heterocycles. The Balaban J connectivity index is 1.76. The number of nitrogens with zero attached hydrogens (tertiary/aromatic N) is 3. The van der Waals surface area contributed by atoms with Crippen LogP contribution in [-0.4, -0.2) is 25.7 Å². The van der Waals surface area contributed by atoms with Crippen LogP contribution in [0.3, 0.4) is 0 Å². The van der Waals surface area contributed by atoms with Gasteiger partial charge in [-0.3, -0.25) is 0 Å². The van der Waals surface area contributed by atoms with Crippen molar-refractivity contribution in [3.05, 3.63) is 53.7 Å². The van der Waals surface area contributed by atoms with Crippen molar-refractivity contribution in [3.8, 4) is 11.5 Å². The lowest BCUT2D eigenvalue weighted by molar-refractivity contribution is 0.148. The van der Waals surface area contributed by atoms with E-state index in [0.717, 1.165) is 47.6 Å². The maximum absolute atomic E-state index is 9.89. The Labute approximate surface area is 146 Å². The van der Waals surface area contributed by atoms with Crippen molar-refractivity contribution in [2.24, 2.45) is 5.73 Å². The molecule has 0 aromatic carbocycles. The number of hydrogen-bond acceptors (Lipinski definition) is 5. The van der Waals surface area contributed by atoms with Gasteiger partial charge in [0.25, 0.3) is 0 Å². The number of fused-ring (bicyclic) bond motifs is 1. The molecule has 2 aromatic rings. The molecule has 0 fully saturated rings. The monoisotopic (exact) mass is 338 g/mol. The summed E-state index contributed by atoms with van der Waals surface area (Å²) in [5.41, 5.74) is 8.81. The maximum Gasteiger partial charge on any atom is 0.230 e. The van der Waals surface area contributed by atoms with Crippen LogP contribution >= 0.6 is 0 Å². The van der Waals surface area contributed by atoms with E-state index in [0.29, 0.717) is 17.1 Å². The minimum atomic E-state index is -0.513. The molecule has 2 aliphatic carbocycles. The normalized spacial score (nSPS) is 23.0. The van der Waals surface area contributed by atoms with E-state index in [1.54, 1.807) is 0 Å². The highest BCUT2D eigenvalue weighted by molar-refractivity contribution is 5.82. The van der Waals surface area contributed by atoms with Crippen molar-refractivity contribution in [3.63, 3.8) is 0 Å². The van der Waals surface area contributed by atoms with Crippen LogP contribution in [-0.2, 0) is 12.8 Å². The second-order valence-electron chi connectivity index (χ2n) is 6.94. The maximum atomic E-state index is 9.89. The molecule has 25 heavy (non-hydrogen) atoms. The molecule has 0 radical (unpaired) electrons. The van der Waals surface area contributed by atoms with Gasteiger partial charge in [0.2, 0.25) is 5.89 Å². The van der Waals surface area contributed by atoms with E-state index in [4.69, 9.17) is 10.2 Å². The van der Waals surface area contributed by atoms with Crippen LogP contribution in [0.5, 0.6) is 0 Å². The molecule has 4 rings (SSSR count). The van der Waals surface area contributed by atoms with Gasteiger partial charge in [-0.2, -0.15) is 0 Å². The topological polar surface area (TPSA) is 90.1 Å². The summed E-state index contributed by atoms with van der Waals surface area (Å²) >= 11 is 0. The Hall–Kier alpha value is -2.60. The Bertz CT molecular complexity index is 860. The fraction of sp³-hybridized carbons (Fsp3) is 0.368. The summed E-state index contributed by atoms with van der Waals surface area (Å²) in [4.78, 5) is 5.49. The number of aromatic nitrogens is 3. The lowest BCUT2D eigenvalue weighted by atomic mass is 10.0. The minimum absolute atomic E-state index is 0.513. The lowest BCUT2D eigenvalue weighted by Gasteiger charge is -2.12. The zero-order valence-electron chi connectivity index (χ0n) is 14.3. The first-order valence-corrected chi connectivity index (χ1v) is 8.68. The molecule has 1 atom stereocenters. The van der Waals surface area contributed by atoms with Crippen LogP contribution in [0.15, 0.2) is 41.0 Å². The third kappa shape index (κ3) is 3.17. The van der Waals surface area contributed by atoms with Crippen molar-refractivity contribution in [2.45, 2.75) is 44.6 Å². The average molecular weight is 338 g/mol. The van der Waals surface area contributed by atoms with Crippen molar-refractivity contribution in [2.75, 3.05) is 0 Å². The van der Waals surface area contributed by atoms with Gasteiger partial charge in [-0.05, 0) is 26.2 Å². The number of hydrogen-bond donors (Lipinski definition) is 2. The quantitative estimate of drug-likeness (QED) is 0.648. The smallest absolute Gasteiger partial charge is 0.230 e. The lowest BCUT2D eigenvalue weighted by Crippen LogP contribution is -2.30. The van der Waals surface area contributed by atoms with E-state index < -0.39 is 5.54 Å². The van der Waals surface area contributed by atoms with E-state index in [1.807, 2.05) is 37.3 Å². The molecule has 0 aliphatic heterocycles. The number of oxazole rings is 1. The Morgan fingerprint density at radius 3 is 2.96 bits per heavy atom. The predicted molar refractivity (Wildman–Crippen MR) is 95.0 cm³/mol. The van der Waals surface area contributed by atoms with E-state index in [1.165, 1.54) is 12.6 Å². The molecule has 2 aliphatic rings. The van der Waals surface area contributed by atoms with Crippen molar-refractivity contribution in [1.82, 2.24) is 14.9 Å². The Kier molecular flexibility index (Phi) is 3.84. The van der Waals surface area contributed by atoms with E-state index in [9.17, 15) is 5.21 Å². The fourth-order valence-electron chi connectivity index (χ4n) is 3.27. The molecule has 3 N–H and O–H groups in total. The first-order valence-electron chi connectivity index (χ1n) is 8.68. The molecule has 0 spiro atoms. The average Bonchev–Trinajstić information content (AvgIpc) is 3.00. The first kappa shape index (κ1) is 15.9. The van der Waals surface area contributed by atoms with Crippen LogP contribution < -0.4 is 5.73 Å². The second kappa shape index (κ2) is 6.04. The van der Waals surface area contributed by atoms with E-state index in [2.05, 4.69) is 10.1 Å². The molecule has 6 heteroatoms. The highest BCUT2D eigenvalue weighted by Crippen LogP contribution is 2.32. The standard InChI is InChI=1S/C19H22N4O2/c1-19(20)10-5-6-13(9-11-19)17-14(12-23(24)22-17)18-21-15-7-3-2-4-8-16(15)25-18/h5-6,9-12,24H,2-4,7-8,20H2,1H3. The zero-order valence-corrected chi connectivity index (χ0v) is 14.3. The van der Waals surface area contributed by atoms with Gasteiger partial charge in [0, 0.05) is 12.0 Å². The van der Waals surface area contributed by atoms with E-state index in [-0.39, 0.29) is 0 Å². The summed E-state index contributed by atoms with van der Waals surface area (Å²) in [7, 11) is 0. The molecule has 0 saturated heterocycles. The summed E-state index contributed by atoms with van der Waals surface area (Å²) in [6.45, 7) is 1.92. The van der Waals surface area contributed by atoms with Gasteiger partial charge in [0.15, 0.2) is 0 Å². The van der Waals surface area contributed by atoms with Gasteiger partial charge in [-0.1, -0.05) is 36.8 Å². The van der Waals surface area contributed by atoms with Crippen LogP contribution in [0.4, 0.5) is 0 Å². The van der Waals surface area contributed by atoms with Gasteiger partial charge in [0.1, 0.15) is 11.5 Å². The second-order valence-corrected chi connectivity index (χ2v) is 6.94. The van der Waals surface area contributed by atoms with Gasteiger partial charge in [-0.15, -0.1) is 9.94 Å². The van der Waals surface area contributed by atoms with Gasteiger partial charge >= 0.3 is 0 Å². The summed E-state index contributed by atoms with van der Waals surface area (Å²) in [6, 6.07) is 0. The third-order valence-electron chi connectivity index (χ3n) is 4.65. The molecule has 0 amide bonds. The van der Waals surface area contributed by atoms with Gasteiger partial charge in [-0.25, -0.2) is 4.98 Å². The van der Waals surface area contributed by atoms with Crippen molar-refractivity contribution in [1.29, 1.82) is 0 Å². The summed E-state index contributed by atoms with van der Waals surface area (Å²) < 4.78 is 6.02. The minimum Gasteiger partial charge on any atom is -0.441 e. The SMILES string of the molecule is CC1(N)C=CC=C(c2nn(O)cc2-c2nc3c(o2)CCCCC3)C=C1. The molecular formula is C19H22N4O2. The van der Waals surface area contributed by atoms with Crippen LogP contribution in [0.2, 0.25) is 0 Å². The molecule has 0 bridgehead atoms. The van der Waals surface area contributed by atoms with Crippen LogP contribution in [0, 0.1) is 0 Å². The number of allylic oxidation sites excluding steroid dienone is 4. The van der Waals surface area contributed by atoms with Crippen LogP contribution in [0.1, 0.15) is 43.3 Å². The van der Waals surface area contributed by atoms with E-state index >= 15 is 0 Å². The fourth-order valence-corrected chi connectivity index (χ4v) is 3.27. The predicted octanol–water partition coefficient (Wildman–Crippen LogP) is 3.27. The largest absolute Gasteiger partial charge is 0.441 e. The van der Waals surface area contributed by atoms with Gasteiger partial charge in [0.05, 0.1) is 23.0 Å². The molecule has 130 valence electrons. The van der Waals surface area contributed by atoms with Crippen LogP contribution in [0.25, 0.3) is 17.0 Å². The molecule has 6 nitrogen and oxygen atoms in total. The number of aryl methyl sites for hydroxylation is 2. The van der Waals surface area contributed by atoms with Gasteiger partial charge < -0.3 is 15.4 Å². The highest BCUT2D eigenvalue weighted by atomic mass is 16.5. The summed E-state index contributed by atoms with van der Waals surface area (Å²) in [5, 5.41) is 14.1. The Morgan fingerprint density at radius 1 is 1.24 bits per heavy atom. The van der Waals surface area contributed by atoms with Crippen molar-refractivity contribution >= 4 is 5.57 Å². The molecular weight excluding hydrogens is 316 g/mol. The van der Waals surface area contributed by atoms with Crippen molar-refractivity contribution < 1.29 is 9.62 Å². The summed E-state index contributed by atoms with van der Waals surface area (Å²) in [5.74, 6) is 1.48. The third-order valence-corrected chi connectivity index (χ3v) is 4.65. The molecule has 1 unspecified atom stereocenters. The molecule has 2 heterocycles. The number of nitrogens with two attached hydrogens (primary N) is 1. The first-order chi connectivity index (χ1) is 12.0. The summed E-state index contributed by atoms with van der Waals surface area (Å²) in [6.07, 6.45) is 16.4. The highest BCUT2D eigenvalue weighted by Gasteiger charge is 2.23. The molecule has 0 saturated carbocycles. The Morgan fingerprint density at radius 2 is 2.08 bits per heavy atom. The number of rotatable bonds is 2.